The molecule has 17 heavy (non-hydrogen) atoms. The number of nitrogens with two attached hydrogens (primary N) is 1. The Bertz CT molecular complexity index is 397. The summed E-state index contributed by atoms with van der Waals surface area (Å²) < 4.78 is 27.2. The summed E-state index contributed by atoms with van der Waals surface area (Å²) in [6.45, 7) is 4.28. The highest BCUT2D eigenvalue weighted by molar-refractivity contribution is 5.54. The van der Waals surface area contributed by atoms with Crippen LogP contribution in [0.15, 0.2) is 12.1 Å². The van der Waals surface area contributed by atoms with E-state index >= 15 is 0 Å². The Kier molecular flexibility index (Phi) is 3.22. The Balaban J connectivity index is 2.19. The molecule has 0 radical (unpaired) electrons. The summed E-state index contributed by atoms with van der Waals surface area (Å²) in [5, 5.41) is 2.98. The first kappa shape index (κ1) is 12.1. The Morgan fingerprint density at radius 1 is 1.18 bits per heavy atom. The zero-order valence-electron chi connectivity index (χ0n) is 10.1. The molecule has 1 saturated carbocycles. The van der Waals surface area contributed by atoms with E-state index in [1.54, 1.807) is 0 Å². The minimum atomic E-state index is -0.616. The predicted molar refractivity (Wildman–Crippen MR) is 65.7 cm³/mol. The highest BCUT2D eigenvalue weighted by Gasteiger charge is 2.30. The van der Waals surface area contributed by atoms with E-state index in [0.29, 0.717) is 11.8 Å². The van der Waals surface area contributed by atoms with Gasteiger partial charge in [-0.05, 0) is 36.8 Å². The second-order valence-electron chi connectivity index (χ2n) is 5.02. The maximum atomic E-state index is 13.6. The quantitative estimate of drug-likeness (QED) is 0.777. The van der Waals surface area contributed by atoms with Crippen LogP contribution in [0.2, 0.25) is 0 Å². The molecule has 1 aromatic carbocycles. The summed E-state index contributed by atoms with van der Waals surface area (Å²) in [5.41, 5.74) is 5.44. The number of hydrogen-bond donors (Lipinski definition) is 2. The third-order valence-electron chi connectivity index (χ3n) is 3.86. The van der Waals surface area contributed by atoms with Gasteiger partial charge in [0.15, 0.2) is 11.6 Å². The number of nitrogen functional groups attached to an aromatic ring is 1. The summed E-state index contributed by atoms with van der Waals surface area (Å²) in [4.78, 5) is 0. The van der Waals surface area contributed by atoms with Crippen LogP contribution in [0, 0.1) is 23.5 Å². The summed E-state index contributed by atoms with van der Waals surface area (Å²) in [6.07, 6.45) is 2.04. The number of anilines is 2. The standard InChI is InChI=1S/C13H18F2N2/c1-7-3-4-12(8(7)2)17-13-10(14)5-9(16)6-11(13)15/h5-8,12,17H,3-4,16H2,1-2H3. The third kappa shape index (κ3) is 2.35. The van der Waals surface area contributed by atoms with Gasteiger partial charge in [-0.3, -0.25) is 0 Å². The maximum Gasteiger partial charge on any atom is 0.151 e. The molecular weight excluding hydrogens is 222 g/mol. The molecule has 0 saturated heterocycles. The lowest BCUT2D eigenvalue weighted by molar-refractivity contribution is 0.433. The van der Waals surface area contributed by atoms with Crippen LogP contribution in [0.5, 0.6) is 0 Å². The van der Waals surface area contributed by atoms with Gasteiger partial charge >= 0.3 is 0 Å². The van der Waals surface area contributed by atoms with Crippen LogP contribution in [-0.2, 0) is 0 Å². The van der Waals surface area contributed by atoms with Gasteiger partial charge in [-0.2, -0.15) is 0 Å². The number of nitrogens with one attached hydrogen (secondary N) is 1. The zero-order valence-corrected chi connectivity index (χ0v) is 10.1. The first-order chi connectivity index (χ1) is 7.99. The molecular formula is C13H18F2N2. The highest BCUT2D eigenvalue weighted by Crippen LogP contribution is 2.34. The molecule has 2 nitrogen and oxygen atoms in total. The van der Waals surface area contributed by atoms with E-state index in [0.717, 1.165) is 25.0 Å². The zero-order chi connectivity index (χ0) is 12.6. The lowest BCUT2D eigenvalue weighted by Gasteiger charge is -2.21. The fourth-order valence-electron chi connectivity index (χ4n) is 2.48. The molecule has 1 aromatic rings. The van der Waals surface area contributed by atoms with Crippen molar-refractivity contribution in [3.8, 4) is 0 Å². The lowest BCUT2D eigenvalue weighted by Crippen LogP contribution is -2.25. The van der Waals surface area contributed by atoms with E-state index in [1.165, 1.54) is 0 Å². The molecule has 3 atom stereocenters. The van der Waals surface area contributed by atoms with Gasteiger partial charge in [0.2, 0.25) is 0 Å². The van der Waals surface area contributed by atoms with Crippen molar-refractivity contribution in [2.75, 3.05) is 11.1 Å². The Labute approximate surface area is 100 Å². The molecule has 3 N–H and O–H groups in total. The smallest absolute Gasteiger partial charge is 0.151 e. The minimum absolute atomic E-state index is 0.0508. The predicted octanol–water partition coefficient (Wildman–Crippen LogP) is 3.39. The molecule has 0 aliphatic heterocycles. The molecule has 3 unspecified atom stereocenters. The van der Waals surface area contributed by atoms with Crippen LogP contribution in [-0.4, -0.2) is 6.04 Å². The molecule has 0 bridgehead atoms. The highest BCUT2D eigenvalue weighted by atomic mass is 19.1. The number of rotatable bonds is 2. The van der Waals surface area contributed by atoms with Gasteiger partial charge < -0.3 is 11.1 Å². The maximum absolute atomic E-state index is 13.6. The van der Waals surface area contributed by atoms with E-state index in [4.69, 9.17) is 5.73 Å². The van der Waals surface area contributed by atoms with Crippen molar-refractivity contribution < 1.29 is 8.78 Å². The van der Waals surface area contributed by atoms with Crippen LogP contribution in [0.4, 0.5) is 20.2 Å². The molecule has 0 aromatic heterocycles. The summed E-state index contributed by atoms with van der Waals surface area (Å²) in [7, 11) is 0. The van der Waals surface area contributed by atoms with E-state index in [9.17, 15) is 8.78 Å². The summed E-state index contributed by atoms with van der Waals surface area (Å²) in [5.74, 6) is -0.220. The van der Waals surface area contributed by atoms with Crippen molar-refractivity contribution in [2.24, 2.45) is 11.8 Å². The molecule has 1 aliphatic carbocycles. The minimum Gasteiger partial charge on any atom is -0.399 e. The van der Waals surface area contributed by atoms with Crippen molar-refractivity contribution in [2.45, 2.75) is 32.7 Å². The summed E-state index contributed by atoms with van der Waals surface area (Å²) >= 11 is 0. The van der Waals surface area contributed by atoms with Crippen molar-refractivity contribution in [3.05, 3.63) is 23.8 Å². The monoisotopic (exact) mass is 240 g/mol. The van der Waals surface area contributed by atoms with Crippen molar-refractivity contribution >= 4 is 11.4 Å². The second-order valence-corrected chi connectivity index (χ2v) is 5.02. The molecule has 0 spiro atoms. The first-order valence-corrected chi connectivity index (χ1v) is 6.00. The second kappa shape index (κ2) is 4.51. The van der Waals surface area contributed by atoms with E-state index in [1.807, 2.05) is 0 Å². The molecule has 0 heterocycles. The van der Waals surface area contributed by atoms with Crippen LogP contribution < -0.4 is 11.1 Å². The van der Waals surface area contributed by atoms with E-state index in [-0.39, 0.29) is 17.4 Å². The van der Waals surface area contributed by atoms with Crippen molar-refractivity contribution in [3.63, 3.8) is 0 Å². The molecule has 2 rings (SSSR count). The molecule has 94 valence electrons. The largest absolute Gasteiger partial charge is 0.399 e. The molecule has 4 heteroatoms. The first-order valence-electron chi connectivity index (χ1n) is 6.00. The average molecular weight is 240 g/mol. The van der Waals surface area contributed by atoms with Crippen LogP contribution in [0.25, 0.3) is 0 Å². The fraction of sp³-hybridized carbons (Fsp3) is 0.538. The number of halogens is 2. The van der Waals surface area contributed by atoms with Crippen LogP contribution in [0.3, 0.4) is 0 Å². The van der Waals surface area contributed by atoms with Crippen molar-refractivity contribution in [1.82, 2.24) is 0 Å². The van der Waals surface area contributed by atoms with Crippen LogP contribution in [0.1, 0.15) is 26.7 Å². The Morgan fingerprint density at radius 3 is 2.24 bits per heavy atom. The normalized spacial score (nSPS) is 28.4. The topological polar surface area (TPSA) is 38.0 Å². The molecule has 1 fully saturated rings. The van der Waals surface area contributed by atoms with Crippen LogP contribution >= 0.6 is 0 Å². The number of hydrogen-bond acceptors (Lipinski definition) is 2. The lowest BCUT2D eigenvalue weighted by atomic mass is 9.97. The van der Waals surface area contributed by atoms with Gasteiger partial charge in [0.25, 0.3) is 0 Å². The third-order valence-corrected chi connectivity index (χ3v) is 3.86. The van der Waals surface area contributed by atoms with Gasteiger partial charge in [0.1, 0.15) is 5.69 Å². The van der Waals surface area contributed by atoms with E-state index < -0.39 is 11.6 Å². The van der Waals surface area contributed by atoms with Gasteiger partial charge in [-0.1, -0.05) is 13.8 Å². The SMILES string of the molecule is CC1CCC(Nc2c(F)cc(N)cc2F)C1C. The Morgan fingerprint density at radius 2 is 1.76 bits per heavy atom. The summed E-state index contributed by atoms with van der Waals surface area (Å²) in [6, 6.07) is 2.43. The van der Waals surface area contributed by atoms with E-state index in [2.05, 4.69) is 19.2 Å². The average Bonchev–Trinajstić information content (AvgIpc) is 2.54. The Hall–Kier alpha value is -1.32. The number of benzene rings is 1. The van der Waals surface area contributed by atoms with Gasteiger partial charge in [0, 0.05) is 11.7 Å². The molecule has 1 aliphatic rings. The van der Waals surface area contributed by atoms with Gasteiger partial charge in [-0.25, -0.2) is 8.78 Å². The van der Waals surface area contributed by atoms with Gasteiger partial charge in [-0.15, -0.1) is 0 Å². The fourth-order valence-corrected chi connectivity index (χ4v) is 2.48. The van der Waals surface area contributed by atoms with Crippen molar-refractivity contribution in [1.29, 1.82) is 0 Å². The van der Waals surface area contributed by atoms with Gasteiger partial charge in [0.05, 0.1) is 0 Å². The molecule has 0 amide bonds.